The Morgan fingerprint density at radius 1 is 0.980 bits per heavy atom. The van der Waals surface area contributed by atoms with Gasteiger partial charge in [-0.15, -0.1) is 0 Å². The van der Waals surface area contributed by atoms with Gasteiger partial charge in [-0.25, -0.2) is 19.6 Å². The Bertz CT molecular complexity index is 1550. The number of benzene rings is 1. The molecule has 1 unspecified atom stereocenters. The second-order valence-corrected chi connectivity index (χ2v) is 13.9. The number of carbonyl (C=O) groups is 5. The average Bonchev–Trinajstić information content (AvgIpc) is 3.49. The number of alkyl carbamates (subject to hydrolysis) is 1. The lowest BCUT2D eigenvalue weighted by Crippen LogP contribution is -2.56. The zero-order chi connectivity index (χ0) is 36.0. The van der Waals surface area contributed by atoms with Crippen LogP contribution in [0.15, 0.2) is 36.4 Å². The van der Waals surface area contributed by atoms with E-state index in [0.717, 1.165) is 12.8 Å². The van der Waals surface area contributed by atoms with Crippen LogP contribution in [0.1, 0.15) is 63.9 Å². The number of anilines is 1. The quantitative estimate of drug-likeness (QED) is 0.278. The molecule has 3 N–H and O–H groups in total. The van der Waals surface area contributed by atoms with Crippen molar-refractivity contribution >= 4 is 35.8 Å². The zero-order valence-electron chi connectivity index (χ0n) is 29.1. The first-order valence-electron chi connectivity index (χ1n) is 17.2. The number of rotatable bonds is 12. The van der Waals surface area contributed by atoms with Crippen molar-refractivity contribution in [2.45, 2.75) is 71.1 Å². The molecule has 2 aliphatic heterocycles. The number of hydrogen-bond acceptors (Lipinski definition) is 10. The molecule has 1 aliphatic carbocycles. The van der Waals surface area contributed by atoms with Crippen LogP contribution in [-0.4, -0.2) is 118 Å². The van der Waals surface area contributed by atoms with Crippen LogP contribution < -0.4 is 15.5 Å². The van der Waals surface area contributed by atoms with E-state index < -0.39 is 41.6 Å². The molecule has 5 rings (SSSR count). The standard InChI is InChI=1S/C35H47N7O8/c1-5-6-18-49-34(48)41-16-14-40(15-17-41)32(46)25(12-13-28(43)44)37-31(45)26-19-27(38-30(36-26)22-10-8-7-9-11-22)42-20-23-24(21-42)29(23)39-33(47)50-35(2,3)4/h7-11,19,23-25,29H,5-6,12-18,20-21H2,1-4H3,(H,37,45)(H,39,47)(H,43,44)/t23-,24+,25-,29?/m0/s1. The number of carboxylic acid groups (broad SMARTS) is 1. The summed E-state index contributed by atoms with van der Waals surface area (Å²) in [5.41, 5.74) is 0.133. The van der Waals surface area contributed by atoms with E-state index in [4.69, 9.17) is 14.5 Å². The zero-order valence-corrected chi connectivity index (χ0v) is 29.1. The van der Waals surface area contributed by atoms with Gasteiger partial charge in [0.1, 0.15) is 23.2 Å². The predicted octanol–water partition coefficient (Wildman–Crippen LogP) is 3.15. The minimum atomic E-state index is -1.13. The lowest BCUT2D eigenvalue weighted by Gasteiger charge is -2.36. The van der Waals surface area contributed by atoms with E-state index in [1.165, 1.54) is 9.80 Å². The minimum absolute atomic E-state index is 0.00567. The van der Waals surface area contributed by atoms with E-state index >= 15 is 0 Å². The van der Waals surface area contributed by atoms with Gasteiger partial charge < -0.3 is 39.9 Å². The maximum atomic E-state index is 13.8. The summed E-state index contributed by atoms with van der Waals surface area (Å²) in [5.74, 6) is -0.909. The highest BCUT2D eigenvalue weighted by atomic mass is 16.6. The van der Waals surface area contributed by atoms with Crippen molar-refractivity contribution in [1.29, 1.82) is 0 Å². The van der Waals surface area contributed by atoms with E-state index in [2.05, 4.69) is 15.6 Å². The number of carboxylic acids is 1. The molecule has 1 saturated carbocycles. The van der Waals surface area contributed by atoms with E-state index in [-0.39, 0.29) is 62.6 Å². The molecule has 15 heteroatoms. The van der Waals surface area contributed by atoms with Gasteiger partial charge in [-0.2, -0.15) is 0 Å². The number of fused-ring (bicyclic) bond motifs is 1. The first kappa shape index (κ1) is 36.3. The maximum absolute atomic E-state index is 13.8. The fraction of sp³-hybridized carbons (Fsp3) is 0.571. The molecule has 0 spiro atoms. The molecule has 4 amide bonds. The van der Waals surface area contributed by atoms with Crippen molar-refractivity contribution in [3.8, 4) is 11.4 Å². The highest BCUT2D eigenvalue weighted by molar-refractivity contribution is 5.97. The van der Waals surface area contributed by atoms with Crippen molar-refractivity contribution < 1.29 is 38.6 Å². The van der Waals surface area contributed by atoms with Crippen molar-refractivity contribution in [1.82, 2.24) is 30.4 Å². The molecular weight excluding hydrogens is 646 g/mol. The number of carbonyl (C=O) groups excluding carboxylic acids is 4. The van der Waals surface area contributed by atoms with Gasteiger partial charge in [0.2, 0.25) is 5.91 Å². The molecule has 2 aromatic rings. The van der Waals surface area contributed by atoms with Crippen LogP contribution >= 0.6 is 0 Å². The molecule has 3 aliphatic rings. The Balaban J connectivity index is 1.28. The summed E-state index contributed by atoms with van der Waals surface area (Å²) in [5, 5.41) is 15.1. The Kier molecular flexibility index (Phi) is 11.4. The lowest BCUT2D eigenvalue weighted by molar-refractivity contribution is -0.138. The minimum Gasteiger partial charge on any atom is -0.481 e. The largest absolute Gasteiger partial charge is 0.481 e. The first-order valence-corrected chi connectivity index (χ1v) is 17.2. The van der Waals surface area contributed by atoms with Crippen molar-refractivity contribution in [2.75, 3.05) is 50.8 Å². The summed E-state index contributed by atoms with van der Waals surface area (Å²) in [6, 6.07) is 9.66. The second kappa shape index (κ2) is 15.7. The van der Waals surface area contributed by atoms with E-state index in [1.54, 1.807) is 6.07 Å². The van der Waals surface area contributed by atoms with Gasteiger partial charge in [0, 0.05) is 75.2 Å². The van der Waals surface area contributed by atoms with Crippen LogP contribution in [0.5, 0.6) is 0 Å². The van der Waals surface area contributed by atoms with Crippen molar-refractivity contribution in [2.24, 2.45) is 11.8 Å². The number of aliphatic carboxylic acids is 1. The van der Waals surface area contributed by atoms with Gasteiger partial charge in [0.25, 0.3) is 5.91 Å². The van der Waals surface area contributed by atoms with Crippen LogP contribution in [0, 0.1) is 11.8 Å². The second-order valence-electron chi connectivity index (χ2n) is 13.9. The number of aromatic nitrogens is 2. The van der Waals surface area contributed by atoms with E-state index in [9.17, 15) is 29.1 Å². The third kappa shape index (κ3) is 9.39. The summed E-state index contributed by atoms with van der Waals surface area (Å²) in [7, 11) is 0. The number of piperazine rings is 1. The number of hydrogen-bond donors (Lipinski definition) is 3. The number of unbranched alkanes of at least 4 members (excludes halogenated alkanes) is 1. The highest BCUT2D eigenvalue weighted by Crippen LogP contribution is 2.46. The number of amides is 4. The van der Waals surface area contributed by atoms with Crippen LogP contribution in [0.2, 0.25) is 0 Å². The summed E-state index contributed by atoms with van der Waals surface area (Å²) in [6.45, 7) is 9.96. The number of nitrogens with one attached hydrogen (secondary N) is 2. The molecule has 15 nitrogen and oxygen atoms in total. The summed E-state index contributed by atoms with van der Waals surface area (Å²) in [4.78, 5) is 78.1. The Hall–Kier alpha value is -4.95. The summed E-state index contributed by atoms with van der Waals surface area (Å²) in [6.07, 6.45) is 0.333. The molecule has 1 aromatic carbocycles. The van der Waals surface area contributed by atoms with Gasteiger partial charge in [-0.05, 0) is 33.6 Å². The van der Waals surface area contributed by atoms with Crippen molar-refractivity contribution in [3.63, 3.8) is 0 Å². The molecule has 0 radical (unpaired) electrons. The molecule has 3 fully saturated rings. The molecular formula is C35H47N7O8. The SMILES string of the molecule is CCCCOC(=O)N1CCN(C(=O)[C@H](CCC(=O)O)NC(=O)c2cc(N3C[C@@H]4C(NC(=O)OC(C)(C)C)[C@@H]4C3)nc(-c3ccccc3)n2)CC1. The van der Waals surface area contributed by atoms with Gasteiger partial charge >= 0.3 is 18.2 Å². The Morgan fingerprint density at radius 2 is 1.64 bits per heavy atom. The molecule has 2 saturated heterocycles. The van der Waals surface area contributed by atoms with E-state index in [1.807, 2.05) is 62.9 Å². The molecule has 50 heavy (non-hydrogen) atoms. The van der Waals surface area contributed by atoms with Crippen LogP contribution in [0.3, 0.4) is 0 Å². The molecule has 0 bridgehead atoms. The number of ether oxygens (including phenoxy) is 2. The summed E-state index contributed by atoms with van der Waals surface area (Å²) >= 11 is 0. The fourth-order valence-corrected chi connectivity index (χ4v) is 6.28. The summed E-state index contributed by atoms with van der Waals surface area (Å²) < 4.78 is 10.7. The van der Waals surface area contributed by atoms with Gasteiger partial charge in [-0.3, -0.25) is 14.4 Å². The molecule has 3 heterocycles. The van der Waals surface area contributed by atoms with Gasteiger partial charge in [0.15, 0.2) is 5.82 Å². The monoisotopic (exact) mass is 693 g/mol. The topological polar surface area (TPSA) is 184 Å². The normalized spacial score (nSPS) is 20.4. The van der Waals surface area contributed by atoms with Gasteiger partial charge in [0.05, 0.1) is 6.61 Å². The van der Waals surface area contributed by atoms with Crippen molar-refractivity contribution in [3.05, 3.63) is 42.1 Å². The fourth-order valence-electron chi connectivity index (χ4n) is 6.28. The molecule has 4 atom stereocenters. The Labute approximate surface area is 291 Å². The third-order valence-electron chi connectivity index (χ3n) is 9.00. The smallest absolute Gasteiger partial charge is 0.409 e. The third-order valence-corrected chi connectivity index (χ3v) is 9.00. The predicted molar refractivity (Wildman–Crippen MR) is 182 cm³/mol. The Morgan fingerprint density at radius 3 is 2.26 bits per heavy atom. The number of piperidine rings is 1. The van der Waals surface area contributed by atoms with Crippen LogP contribution in [-0.2, 0) is 19.1 Å². The highest BCUT2D eigenvalue weighted by Gasteiger charge is 2.57. The van der Waals surface area contributed by atoms with Crippen LogP contribution in [0.25, 0.3) is 11.4 Å². The van der Waals surface area contributed by atoms with E-state index in [0.29, 0.717) is 36.9 Å². The first-order chi connectivity index (χ1) is 23.8. The molecule has 270 valence electrons. The maximum Gasteiger partial charge on any atom is 0.409 e. The lowest BCUT2D eigenvalue weighted by atomic mass is 10.1. The van der Waals surface area contributed by atoms with Crippen LogP contribution in [0.4, 0.5) is 15.4 Å². The number of nitrogens with zero attached hydrogens (tertiary/aromatic N) is 5. The molecule has 1 aromatic heterocycles. The van der Waals surface area contributed by atoms with Gasteiger partial charge in [-0.1, -0.05) is 43.7 Å². The average molecular weight is 694 g/mol.